The lowest BCUT2D eigenvalue weighted by Gasteiger charge is -2.22. The minimum atomic E-state index is -1.27. The molecule has 1 aromatic carbocycles. The molecule has 132 valence electrons. The highest BCUT2D eigenvalue weighted by molar-refractivity contribution is 5.97. The van der Waals surface area contributed by atoms with E-state index in [9.17, 15) is 14.7 Å². The molecule has 1 aromatic heterocycles. The lowest BCUT2D eigenvalue weighted by Crippen LogP contribution is -2.46. The SMILES string of the molecule is CCOC(=O)C(NC(=O)c1cccc(OC)c1)C(O)c1ccncc1. The summed E-state index contributed by atoms with van der Waals surface area (Å²) in [7, 11) is 1.49. The van der Waals surface area contributed by atoms with Gasteiger partial charge in [-0.25, -0.2) is 4.79 Å². The zero-order valence-corrected chi connectivity index (χ0v) is 14.0. The van der Waals surface area contributed by atoms with Crippen LogP contribution >= 0.6 is 0 Å². The minimum Gasteiger partial charge on any atom is -0.497 e. The van der Waals surface area contributed by atoms with Crippen LogP contribution in [-0.2, 0) is 9.53 Å². The third-order valence-corrected chi connectivity index (χ3v) is 3.52. The normalized spacial score (nSPS) is 12.8. The average molecular weight is 344 g/mol. The molecule has 2 N–H and O–H groups in total. The number of nitrogens with zero attached hydrogens (tertiary/aromatic N) is 1. The molecule has 2 rings (SSSR count). The third kappa shape index (κ3) is 4.77. The van der Waals surface area contributed by atoms with Gasteiger partial charge in [-0.15, -0.1) is 0 Å². The van der Waals surface area contributed by atoms with E-state index >= 15 is 0 Å². The van der Waals surface area contributed by atoms with Gasteiger partial charge in [0.25, 0.3) is 5.91 Å². The summed E-state index contributed by atoms with van der Waals surface area (Å²) in [6.45, 7) is 1.78. The van der Waals surface area contributed by atoms with Crippen molar-refractivity contribution in [3.63, 3.8) is 0 Å². The first-order valence-corrected chi connectivity index (χ1v) is 7.76. The minimum absolute atomic E-state index is 0.132. The number of carbonyl (C=O) groups is 2. The number of methoxy groups -OCH3 is 1. The number of aromatic nitrogens is 1. The van der Waals surface area contributed by atoms with Crippen LogP contribution in [0.5, 0.6) is 5.75 Å². The molecule has 25 heavy (non-hydrogen) atoms. The first-order valence-electron chi connectivity index (χ1n) is 7.76. The summed E-state index contributed by atoms with van der Waals surface area (Å²) in [6.07, 6.45) is 1.71. The van der Waals surface area contributed by atoms with Gasteiger partial charge in [-0.05, 0) is 42.8 Å². The van der Waals surface area contributed by atoms with Gasteiger partial charge in [-0.1, -0.05) is 6.07 Å². The van der Waals surface area contributed by atoms with Gasteiger partial charge in [-0.3, -0.25) is 9.78 Å². The van der Waals surface area contributed by atoms with E-state index in [4.69, 9.17) is 9.47 Å². The monoisotopic (exact) mass is 344 g/mol. The smallest absolute Gasteiger partial charge is 0.331 e. The maximum atomic E-state index is 12.5. The van der Waals surface area contributed by atoms with E-state index in [0.29, 0.717) is 16.9 Å². The number of ether oxygens (including phenoxy) is 2. The lowest BCUT2D eigenvalue weighted by molar-refractivity contribution is -0.148. The molecular weight excluding hydrogens is 324 g/mol. The summed E-state index contributed by atoms with van der Waals surface area (Å²) in [6, 6.07) is 8.36. The number of aliphatic hydroxyl groups is 1. The molecule has 0 spiro atoms. The van der Waals surface area contributed by atoms with Crippen molar-refractivity contribution in [2.45, 2.75) is 19.1 Å². The van der Waals surface area contributed by atoms with Crippen molar-refractivity contribution in [3.8, 4) is 5.75 Å². The predicted octanol–water partition coefficient (Wildman–Crippen LogP) is 1.49. The number of benzene rings is 1. The molecular formula is C18H20N2O5. The number of hydrogen-bond donors (Lipinski definition) is 2. The van der Waals surface area contributed by atoms with E-state index in [-0.39, 0.29) is 6.61 Å². The van der Waals surface area contributed by atoms with Gasteiger partial charge in [0.05, 0.1) is 13.7 Å². The van der Waals surface area contributed by atoms with Crippen LogP contribution in [0.3, 0.4) is 0 Å². The number of esters is 1. The van der Waals surface area contributed by atoms with Crippen molar-refractivity contribution >= 4 is 11.9 Å². The van der Waals surface area contributed by atoms with Gasteiger partial charge in [0.2, 0.25) is 0 Å². The highest BCUT2D eigenvalue weighted by Crippen LogP contribution is 2.18. The molecule has 1 heterocycles. The summed E-state index contributed by atoms with van der Waals surface area (Å²) in [5.74, 6) is -0.733. The van der Waals surface area contributed by atoms with Crippen LogP contribution in [0.1, 0.15) is 28.9 Å². The van der Waals surface area contributed by atoms with Crippen LogP contribution < -0.4 is 10.1 Å². The molecule has 0 fully saturated rings. The highest BCUT2D eigenvalue weighted by atomic mass is 16.5. The van der Waals surface area contributed by atoms with Gasteiger partial charge in [0.1, 0.15) is 11.9 Å². The number of carbonyl (C=O) groups excluding carboxylic acids is 2. The Hall–Kier alpha value is -2.93. The zero-order chi connectivity index (χ0) is 18.2. The van der Waals surface area contributed by atoms with E-state index < -0.39 is 24.0 Å². The number of rotatable bonds is 7. The molecule has 2 aromatic rings. The van der Waals surface area contributed by atoms with Crippen LogP contribution in [0.25, 0.3) is 0 Å². The van der Waals surface area contributed by atoms with Crippen molar-refractivity contribution in [2.75, 3.05) is 13.7 Å². The lowest BCUT2D eigenvalue weighted by atomic mass is 10.0. The van der Waals surface area contributed by atoms with Gasteiger partial charge >= 0.3 is 5.97 Å². The van der Waals surface area contributed by atoms with Crippen LogP contribution in [0.4, 0.5) is 0 Å². The Bertz CT molecular complexity index is 720. The second-order valence-corrected chi connectivity index (χ2v) is 5.16. The Labute approximate surface area is 145 Å². The molecule has 2 unspecified atom stereocenters. The standard InChI is InChI=1S/C18H20N2O5/c1-3-25-18(23)15(16(21)12-7-9-19-10-8-12)20-17(22)13-5-4-6-14(11-13)24-2/h4-11,15-16,21H,3H2,1-2H3,(H,20,22). The van der Waals surface area contributed by atoms with E-state index in [1.54, 1.807) is 37.3 Å². The quantitative estimate of drug-likeness (QED) is 0.739. The molecule has 7 nitrogen and oxygen atoms in total. The summed E-state index contributed by atoms with van der Waals surface area (Å²) < 4.78 is 10.1. The first-order chi connectivity index (χ1) is 12.1. The first kappa shape index (κ1) is 18.4. The van der Waals surface area contributed by atoms with Crippen molar-refractivity contribution < 1.29 is 24.2 Å². The molecule has 0 saturated carbocycles. The fourth-order valence-electron chi connectivity index (χ4n) is 2.24. The Kier molecular flexibility index (Phi) is 6.47. The van der Waals surface area contributed by atoms with E-state index in [1.807, 2.05) is 0 Å². The van der Waals surface area contributed by atoms with E-state index in [2.05, 4.69) is 10.3 Å². The Morgan fingerprint density at radius 3 is 2.60 bits per heavy atom. The number of hydrogen-bond acceptors (Lipinski definition) is 6. The van der Waals surface area contributed by atoms with Crippen LogP contribution in [0.15, 0.2) is 48.8 Å². The van der Waals surface area contributed by atoms with E-state index in [1.165, 1.54) is 25.6 Å². The fraction of sp³-hybridized carbons (Fsp3) is 0.278. The molecule has 1 amide bonds. The topological polar surface area (TPSA) is 97.8 Å². The number of aliphatic hydroxyl groups excluding tert-OH is 1. The molecule has 2 atom stereocenters. The molecule has 0 aliphatic carbocycles. The summed E-state index contributed by atoms with van der Waals surface area (Å²) in [4.78, 5) is 28.5. The summed E-state index contributed by atoms with van der Waals surface area (Å²) >= 11 is 0. The van der Waals surface area contributed by atoms with Crippen molar-refractivity contribution in [3.05, 3.63) is 59.9 Å². The van der Waals surface area contributed by atoms with Crippen molar-refractivity contribution in [1.29, 1.82) is 0 Å². The highest BCUT2D eigenvalue weighted by Gasteiger charge is 2.31. The van der Waals surface area contributed by atoms with Crippen molar-refractivity contribution in [2.24, 2.45) is 0 Å². The molecule has 0 saturated heterocycles. The summed E-state index contributed by atoms with van der Waals surface area (Å²) in [5.41, 5.74) is 0.745. The number of amides is 1. The Morgan fingerprint density at radius 1 is 1.24 bits per heavy atom. The van der Waals surface area contributed by atoms with E-state index in [0.717, 1.165) is 0 Å². The maximum absolute atomic E-state index is 12.5. The van der Waals surface area contributed by atoms with Crippen LogP contribution in [0.2, 0.25) is 0 Å². The zero-order valence-electron chi connectivity index (χ0n) is 14.0. The van der Waals surface area contributed by atoms with Crippen LogP contribution in [-0.4, -0.2) is 41.7 Å². The van der Waals surface area contributed by atoms with Gasteiger partial charge in [-0.2, -0.15) is 0 Å². The predicted molar refractivity (Wildman–Crippen MR) is 90.1 cm³/mol. The van der Waals surface area contributed by atoms with Gasteiger partial charge in [0.15, 0.2) is 6.04 Å². The third-order valence-electron chi connectivity index (χ3n) is 3.52. The Morgan fingerprint density at radius 2 is 1.96 bits per heavy atom. The fourth-order valence-corrected chi connectivity index (χ4v) is 2.24. The van der Waals surface area contributed by atoms with Gasteiger partial charge < -0.3 is 19.9 Å². The average Bonchev–Trinajstić information content (AvgIpc) is 2.66. The Balaban J connectivity index is 2.23. The van der Waals surface area contributed by atoms with Crippen molar-refractivity contribution in [1.82, 2.24) is 10.3 Å². The molecule has 7 heteroatoms. The molecule has 0 aliphatic heterocycles. The van der Waals surface area contributed by atoms with Crippen LogP contribution in [0, 0.1) is 0 Å². The second-order valence-electron chi connectivity index (χ2n) is 5.16. The summed E-state index contributed by atoms with van der Waals surface area (Å²) in [5, 5.41) is 13.0. The molecule has 0 bridgehead atoms. The molecule has 0 radical (unpaired) electrons. The van der Waals surface area contributed by atoms with Gasteiger partial charge in [0, 0.05) is 18.0 Å². The molecule has 0 aliphatic rings. The number of pyridine rings is 1. The largest absolute Gasteiger partial charge is 0.497 e. The number of nitrogens with one attached hydrogen (secondary N) is 1. The second kappa shape index (κ2) is 8.79. The maximum Gasteiger partial charge on any atom is 0.331 e.